The number of carbonyl (C=O) groups is 2. The number of benzene rings is 2. The molecule has 2 aromatic rings. The quantitative estimate of drug-likeness (QED) is 0.518. The van der Waals surface area contributed by atoms with E-state index in [1.165, 1.54) is 6.07 Å². The summed E-state index contributed by atoms with van der Waals surface area (Å²) < 4.78 is 50.3. The highest BCUT2D eigenvalue weighted by atomic mass is 19.4. The summed E-state index contributed by atoms with van der Waals surface area (Å²) >= 11 is 0. The van der Waals surface area contributed by atoms with Gasteiger partial charge in [0.15, 0.2) is 11.7 Å². The van der Waals surface area contributed by atoms with E-state index in [1.807, 2.05) is 0 Å². The molecule has 0 fully saturated rings. The smallest absolute Gasteiger partial charge is 0.325 e. The van der Waals surface area contributed by atoms with Crippen LogP contribution in [-0.2, 0) is 11.0 Å². The molecule has 1 amide bonds. The van der Waals surface area contributed by atoms with Crippen LogP contribution in [0.5, 0.6) is 0 Å². The van der Waals surface area contributed by atoms with Crippen LogP contribution in [0.4, 0.5) is 23.2 Å². The first-order valence-electron chi connectivity index (χ1n) is 6.90. The monoisotopic (exact) mass is 350 g/mol. The summed E-state index contributed by atoms with van der Waals surface area (Å²) in [5, 5.41) is 11.3. The summed E-state index contributed by atoms with van der Waals surface area (Å²) in [6.07, 6.45) is -4.52. The fraction of sp³-hybridized carbons (Fsp3) is 0.118. The first-order chi connectivity index (χ1) is 11.7. The first kappa shape index (κ1) is 18.1. The third kappa shape index (κ3) is 4.41. The predicted molar refractivity (Wildman–Crippen MR) is 79.9 cm³/mol. The van der Waals surface area contributed by atoms with Crippen LogP contribution in [0.15, 0.2) is 48.5 Å². The van der Waals surface area contributed by atoms with Crippen LogP contribution < -0.4 is 5.32 Å². The standard InChI is InChI=1S/C17H10F4N2O2/c18-12-5-1-10(2-6-12)15(24)14(9-22)16(25)23-13-7-3-11(4-8-13)17(19,20)21/h1-8,14H,(H,23,25). The van der Waals surface area contributed by atoms with Crippen LogP contribution in [0.25, 0.3) is 0 Å². The molecular formula is C17H10F4N2O2. The van der Waals surface area contributed by atoms with Gasteiger partial charge in [0.2, 0.25) is 5.91 Å². The molecule has 0 saturated carbocycles. The first-order valence-corrected chi connectivity index (χ1v) is 6.90. The van der Waals surface area contributed by atoms with Gasteiger partial charge in [-0.05, 0) is 48.5 Å². The normalized spacial score (nSPS) is 12.1. The molecular weight excluding hydrogens is 340 g/mol. The molecule has 128 valence electrons. The zero-order valence-electron chi connectivity index (χ0n) is 12.5. The third-order valence-electron chi connectivity index (χ3n) is 3.26. The fourth-order valence-electron chi connectivity index (χ4n) is 1.97. The molecule has 0 heterocycles. The van der Waals surface area contributed by atoms with Gasteiger partial charge in [-0.2, -0.15) is 18.4 Å². The van der Waals surface area contributed by atoms with Gasteiger partial charge in [-0.3, -0.25) is 9.59 Å². The van der Waals surface area contributed by atoms with E-state index < -0.39 is 35.2 Å². The molecule has 0 bridgehead atoms. The zero-order chi connectivity index (χ0) is 18.6. The van der Waals surface area contributed by atoms with Crippen molar-refractivity contribution in [2.75, 3.05) is 5.32 Å². The second kappa shape index (κ2) is 7.13. The molecule has 4 nitrogen and oxygen atoms in total. The minimum Gasteiger partial charge on any atom is -0.325 e. The van der Waals surface area contributed by atoms with E-state index in [4.69, 9.17) is 5.26 Å². The number of amides is 1. The number of carbonyl (C=O) groups excluding carboxylic acids is 2. The Hall–Kier alpha value is -3.21. The number of halogens is 4. The van der Waals surface area contributed by atoms with E-state index >= 15 is 0 Å². The molecule has 2 rings (SSSR count). The maximum atomic E-state index is 12.9. The molecule has 0 aromatic heterocycles. The Morgan fingerprint density at radius 1 is 1.00 bits per heavy atom. The zero-order valence-corrected chi connectivity index (χ0v) is 12.5. The summed E-state index contributed by atoms with van der Waals surface area (Å²) in [7, 11) is 0. The average Bonchev–Trinajstić information content (AvgIpc) is 2.55. The Morgan fingerprint density at radius 3 is 2.04 bits per heavy atom. The highest BCUT2D eigenvalue weighted by molar-refractivity contribution is 6.15. The highest BCUT2D eigenvalue weighted by Gasteiger charge is 2.31. The Bertz CT molecular complexity index is 822. The van der Waals surface area contributed by atoms with Gasteiger partial charge in [0.25, 0.3) is 0 Å². The molecule has 0 aliphatic rings. The topological polar surface area (TPSA) is 70.0 Å². The van der Waals surface area contributed by atoms with Gasteiger partial charge < -0.3 is 5.32 Å². The second-order valence-corrected chi connectivity index (χ2v) is 5.00. The van der Waals surface area contributed by atoms with E-state index in [0.717, 1.165) is 48.5 Å². The number of nitrogens with zero attached hydrogens (tertiary/aromatic N) is 1. The van der Waals surface area contributed by atoms with Crippen LogP contribution in [0.1, 0.15) is 15.9 Å². The highest BCUT2D eigenvalue weighted by Crippen LogP contribution is 2.29. The summed E-state index contributed by atoms with van der Waals surface area (Å²) in [6, 6.07) is 9.37. The Morgan fingerprint density at radius 2 is 1.56 bits per heavy atom. The number of nitrogens with one attached hydrogen (secondary N) is 1. The lowest BCUT2D eigenvalue weighted by molar-refractivity contribution is -0.137. The molecule has 25 heavy (non-hydrogen) atoms. The maximum Gasteiger partial charge on any atom is 0.416 e. The molecule has 0 aliphatic heterocycles. The van der Waals surface area contributed by atoms with Gasteiger partial charge in [-0.1, -0.05) is 0 Å². The minimum absolute atomic E-state index is 0.00477. The van der Waals surface area contributed by atoms with Crippen molar-refractivity contribution in [2.24, 2.45) is 5.92 Å². The third-order valence-corrected chi connectivity index (χ3v) is 3.26. The van der Waals surface area contributed by atoms with Crippen molar-refractivity contribution >= 4 is 17.4 Å². The van der Waals surface area contributed by atoms with Gasteiger partial charge >= 0.3 is 6.18 Å². The van der Waals surface area contributed by atoms with Crippen molar-refractivity contribution < 1.29 is 27.2 Å². The Balaban J connectivity index is 2.13. The van der Waals surface area contributed by atoms with E-state index in [2.05, 4.69) is 5.32 Å². The maximum absolute atomic E-state index is 12.9. The van der Waals surface area contributed by atoms with Gasteiger partial charge in [-0.15, -0.1) is 0 Å². The molecule has 8 heteroatoms. The molecule has 0 spiro atoms. The number of hydrogen-bond acceptors (Lipinski definition) is 3. The van der Waals surface area contributed by atoms with Crippen LogP contribution in [0.2, 0.25) is 0 Å². The average molecular weight is 350 g/mol. The second-order valence-electron chi connectivity index (χ2n) is 5.00. The number of ketones is 1. The van der Waals surface area contributed by atoms with Crippen LogP contribution >= 0.6 is 0 Å². The number of rotatable bonds is 4. The molecule has 0 radical (unpaired) electrons. The number of anilines is 1. The lowest BCUT2D eigenvalue weighted by Gasteiger charge is -2.11. The summed E-state index contributed by atoms with van der Waals surface area (Å²) in [5.74, 6) is -4.13. The number of Topliss-reactive ketones (excluding diaryl/α,β-unsaturated/α-hetero) is 1. The van der Waals surface area contributed by atoms with Crippen molar-refractivity contribution in [3.63, 3.8) is 0 Å². The molecule has 0 aliphatic carbocycles. The van der Waals surface area contributed by atoms with Gasteiger partial charge in [0, 0.05) is 11.3 Å². The Kier molecular flexibility index (Phi) is 5.17. The van der Waals surface area contributed by atoms with Crippen LogP contribution in [0, 0.1) is 23.1 Å². The van der Waals surface area contributed by atoms with Crippen molar-refractivity contribution in [2.45, 2.75) is 6.18 Å². The minimum atomic E-state index is -4.52. The number of hydrogen-bond donors (Lipinski definition) is 1. The van der Waals surface area contributed by atoms with Gasteiger partial charge in [-0.25, -0.2) is 4.39 Å². The predicted octanol–water partition coefficient (Wildman–Crippen LogP) is 3.81. The van der Waals surface area contributed by atoms with Crippen molar-refractivity contribution in [3.8, 4) is 6.07 Å². The summed E-state index contributed by atoms with van der Waals surface area (Å²) in [6.45, 7) is 0. The molecule has 0 saturated heterocycles. The van der Waals surface area contributed by atoms with E-state index in [0.29, 0.717) is 0 Å². The number of alkyl halides is 3. The van der Waals surface area contributed by atoms with Crippen molar-refractivity contribution in [1.82, 2.24) is 0 Å². The van der Waals surface area contributed by atoms with Crippen LogP contribution in [0.3, 0.4) is 0 Å². The fourth-order valence-corrected chi connectivity index (χ4v) is 1.97. The molecule has 1 N–H and O–H groups in total. The van der Waals surface area contributed by atoms with Gasteiger partial charge in [0.1, 0.15) is 5.82 Å². The van der Waals surface area contributed by atoms with Crippen molar-refractivity contribution in [3.05, 3.63) is 65.5 Å². The molecule has 1 unspecified atom stereocenters. The van der Waals surface area contributed by atoms with E-state index in [9.17, 15) is 27.2 Å². The number of nitriles is 1. The summed E-state index contributed by atoms with van der Waals surface area (Å²) in [5.41, 5.74) is -0.926. The van der Waals surface area contributed by atoms with Crippen molar-refractivity contribution in [1.29, 1.82) is 5.26 Å². The van der Waals surface area contributed by atoms with Gasteiger partial charge in [0.05, 0.1) is 11.6 Å². The lowest BCUT2D eigenvalue weighted by Crippen LogP contribution is -2.28. The molecule has 1 atom stereocenters. The van der Waals surface area contributed by atoms with Crippen LogP contribution in [-0.4, -0.2) is 11.7 Å². The Labute approximate surface area is 139 Å². The lowest BCUT2D eigenvalue weighted by atomic mass is 9.98. The SMILES string of the molecule is N#CC(C(=O)Nc1ccc(C(F)(F)F)cc1)C(=O)c1ccc(F)cc1. The summed E-state index contributed by atoms with van der Waals surface area (Å²) in [4.78, 5) is 24.2. The largest absolute Gasteiger partial charge is 0.416 e. The van der Waals surface area contributed by atoms with E-state index in [-0.39, 0.29) is 11.3 Å². The molecule has 2 aromatic carbocycles. The van der Waals surface area contributed by atoms with E-state index in [1.54, 1.807) is 0 Å².